The average molecular weight is 242 g/mol. The normalized spacial score (nSPS) is 22.5. The van der Waals surface area contributed by atoms with Crippen molar-refractivity contribution in [1.29, 1.82) is 0 Å². The lowest BCUT2D eigenvalue weighted by molar-refractivity contribution is -0.123. The van der Waals surface area contributed by atoms with Gasteiger partial charge in [0.15, 0.2) is 0 Å². The molecular formula is C13H26N2O2. The lowest BCUT2D eigenvalue weighted by atomic mass is 10.0. The number of rotatable bonds is 6. The summed E-state index contributed by atoms with van der Waals surface area (Å²) >= 11 is 0. The number of hydrogen-bond donors (Lipinski definition) is 2. The van der Waals surface area contributed by atoms with Gasteiger partial charge in [-0.1, -0.05) is 13.8 Å². The molecule has 100 valence electrons. The second-order valence-corrected chi connectivity index (χ2v) is 5.18. The molecule has 0 aromatic heterocycles. The molecule has 0 aromatic rings. The molecule has 2 unspecified atom stereocenters. The van der Waals surface area contributed by atoms with Gasteiger partial charge in [0.1, 0.15) is 0 Å². The first-order valence-electron chi connectivity index (χ1n) is 6.74. The second-order valence-electron chi connectivity index (χ2n) is 5.18. The van der Waals surface area contributed by atoms with Crippen molar-refractivity contribution in [3.05, 3.63) is 0 Å². The summed E-state index contributed by atoms with van der Waals surface area (Å²) in [6.07, 6.45) is 5.15. The Bertz CT molecular complexity index is 225. The van der Waals surface area contributed by atoms with E-state index in [1.165, 1.54) is 6.42 Å². The Morgan fingerprint density at radius 3 is 2.76 bits per heavy atom. The third-order valence-corrected chi connectivity index (χ3v) is 3.37. The molecule has 0 spiro atoms. The molecule has 1 heterocycles. The van der Waals surface area contributed by atoms with Crippen molar-refractivity contribution in [2.24, 2.45) is 11.7 Å². The smallest absolute Gasteiger partial charge is 0.220 e. The van der Waals surface area contributed by atoms with E-state index in [-0.39, 0.29) is 18.1 Å². The van der Waals surface area contributed by atoms with Crippen LogP contribution in [0.5, 0.6) is 0 Å². The highest BCUT2D eigenvalue weighted by molar-refractivity contribution is 5.76. The van der Waals surface area contributed by atoms with Gasteiger partial charge in [0, 0.05) is 25.6 Å². The first-order chi connectivity index (χ1) is 8.13. The lowest BCUT2D eigenvalue weighted by Gasteiger charge is -2.24. The Labute approximate surface area is 104 Å². The summed E-state index contributed by atoms with van der Waals surface area (Å²) < 4.78 is 5.60. The van der Waals surface area contributed by atoms with Crippen LogP contribution in [0.2, 0.25) is 0 Å². The topological polar surface area (TPSA) is 64.3 Å². The van der Waals surface area contributed by atoms with Crippen molar-refractivity contribution in [3.8, 4) is 0 Å². The molecule has 1 amide bonds. The summed E-state index contributed by atoms with van der Waals surface area (Å²) in [5, 5.41) is 2.99. The van der Waals surface area contributed by atoms with Gasteiger partial charge in [0.2, 0.25) is 5.91 Å². The van der Waals surface area contributed by atoms with E-state index in [2.05, 4.69) is 19.2 Å². The zero-order valence-electron chi connectivity index (χ0n) is 11.1. The van der Waals surface area contributed by atoms with Crippen molar-refractivity contribution in [3.63, 3.8) is 0 Å². The first kappa shape index (κ1) is 14.5. The molecule has 17 heavy (non-hydrogen) atoms. The lowest BCUT2D eigenvalue weighted by Crippen LogP contribution is -2.43. The maximum Gasteiger partial charge on any atom is 0.220 e. The van der Waals surface area contributed by atoms with Gasteiger partial charge in [-0.05, 0) is 31.6 Å². The van der Waals surface area contributed by atoms with Gasteiger partial charge in [-0.15, -0.1) is 0 Å². The average Bonchev–Trinajstić information content (AvgIpc) is 2.34. The number of carbonyl (C=O) groups is 1. The van der Waals surface area contributed by atoms with Gasteiger partial charge < -0.3 is 15.8 Å². The standard InChI is InChI=1S/C13H26N2O2/c1-10(2)12(9-14)15-13(16)7-6-11-5-3-4-8-17-11/h10-12H,3-9,14H2,1-2H3,(H,15,16). The fourth-order valence-electron chi connectivity index (χ4n) is 2.10. The van der Waals surface area contributed by atoms with Crippen LogP contribution >= 0.6 is 0 Å². The number of carbonyl (C=O) groups excluding carboxylic acids is 1. The summed E-state index contributed by atoms with van der Waals surface area (Å²) in [4.78, 5) is 11.7. The van der Waals surface area contributed by atoms with E-state index in [0.29, 0.717) is 18.9 Å². The van der Waals surface area contributed by atoms with E-state index in [1.54, 1.807) is 0 Å². The highest BCUT2D eigenvalue weighted by atomic mass is 16.5. The van der Waals surface area contributed by atoms with Crippen LogP contribution < -0.4 is 11.1 Å². The zero-order chi connectivity index (χ0) is 12.7. The van der Waals surface area contributed by atoms with Gasteiger partial charge in [0.05, 0.1) is 6.10 Å². The molecule has 0 saturated carbocycles. The Kier molecular flexibility index (Phi) is 6.52. The third kappa shape index (κ3) is 5.50. The largest absolute Gasteiger partial charge is 0.378 e. The van der Waals surface area contributed by atoms with Crippen molar-refractivity contribution in [1.82, 2.24) is 5.32 Å². The van der Waals surface area contributed by atoms with E-state index < -0.39 is 0 Å². The van der Waals surface area contributed by atoms with Crippen molar-refractivity contribution in [2.75, 3.05) is 13.2 Å². The molecule has 1 aliphatic rings. The summed E-state index contributed by atoms with van der Waals surface area (Å²) in [7, 11) is 0. The number of ether oxygens (including phenoxy) is 1. The molecule has 0 aromatic carbocycles. The van der Waals surface area contributed by atoms with Gasteiger partial charge in [0.25, 0.3) is 0 Å². The molecule has 1 rings (SSSR count). The summed E-state index contributed by atoms with van der Waals surface area (Å²) in [6.45, 7) is 5.50. The van der Waals surface area contributed by atoms with Crippen molar-refractivity contribution >= 4 is 5.91 Å². The minimum Gasteiger partial charge on any atom is -0.378 e. The van der Waals surface area contributed by atoms with Gasteiger partial charge in [-0.3, -0.25) is 4.79 Å². The van der Waals surface area contributed by atoms with Crippen LogP contribution in [0.25, 0.3) is 0 Å². The molecule has 3 N–H and O–H groups in total. The van der Waals surface area contributed by atoms with Crippen molar-refractivity contribution in [2.45, 2.75) is 58.1 Å². The van der Waals surface area contributed by atoms with Crippen LogP contribution in [-0.4, -0.2) is 31.2 Å². The fraction of sp³-hybridized carbons (Fsp3) is 0.923. The van der Waals surface area contributed by atoms with E-state index in [0.717, 1.165) is 25.9 Å². The maximum atomic E-state index is 11.7. The van der Waals surface area contributed by atoms with E-state index in [1.807, 2.05) is 0 Å². The SMILES string of the molecule is CC(C)C(CN)NC(=O)CCC1CCCCO1. The first-order valence-corrected chi connectivity index (χ1v) is 6.74. The van der Waals surface area contributed by atoms with Crippen LogP contribution in [-0.2, 0) is 9.53 Å². The quantitative estimate of drug-likeness (QED) is 0.740. The van der Waals surface area contributed by atoms with E-state index >= 15 is 0 Å². The minimum atomic E-state index is 0.0924. The Morgan fingerprint density at radius 2 is 2.24 bits per heavy atom. The molecule has 0 aliphatic carbocycles. The monoisotopic (exact) mass is 242 g/mol. The molecule has 2 atom stereocenters. The zero-order valence-corrected chi connectivity index (χ0v) is 11.1. The summed E-state index contributed by atoms with van der Waals surface area (Å²) in [5.41, 5.74) is 5.62. The van der Waals surface area contributed by atoms with E-state index in [9.17, 15) is 4.79 Å². The van der Waals surface area contributed by atoms with Crippen LogP contribution in [0.1, 0.15) is 46.0 Å². The molecule has 1 saturated heterocycles. The number of nitrogens with two attached hydrogens (primary N) is 1. The highest BCUT2D eigenvalue weighted by Crippen LogP contribution is 2.16. The van der Waals surface area contributed by atoms with Gasteiger partial charge in [-0.2, -0.15) is 0 Å². The molecule has 0 bridgehead atoms. The molecule has 0 radical (unpaired) electrons. The third-order valence-electron chi connectivity index (χ3n) is 3.37. The Morgan fingerprint density at radius 1 is 1.47 bits per heavy atom. The van der Waals surface area contributed by atoms with Crippen molar-refractivity contribution < 1.29 is 9.53 Å². The maximum absolute atomic E-state index is 11.7. The van der Waals surface area contributed by atoms with Gasteiger partial charge >= 0.3 is 0 Å². The Balaban J connectivity index is 2.19. The molecule has 4 nitrogen and oxygen atoms in total. The van der Waals surface area contributed by atoms with Crippen LogP contribution in [0.15, 0.2) is 0 Å². The summed E-state index contributed by atoms with van der Waals surface area (Å²) in [5.74, 6) is 0.484. The predicted molar refractivity (Wildman–Crippen MR) is 68.6 cm³/mol. The van der Waals surface area contributed by atoms with Crippen LogP contribution in [0, 0.1) is 5.92 Å². The second kappa shape index (κ2) is 7.67. The molecule has 4 heteroatoms. The van der Waals surface area contributed by atoms with Crippen LogP contribution in [0.4, 0.5) is 0 Å². The minimum absolute atomic E-state index is 0.0924. The molecule has 1 aliphatic heterocycles. The molecule has 1 fully saturated rings. The molecular weight excluding hydrogens is 216 g/mol. The van der Waals surface area contributed by atoms with E-state index in [4.69, 9.17) is 10.5 Å². The number of hydrogen-bond acceptors (Lipinski definition) is 3. The Hall–Kier alpha value is -0.610. The van der Waals surface area contributed by atoms with Crippen LogP contribution in [0.3, 0.4) is 0 Å². The van der Waals surface area contributed by atoms with Gasteiger partial charge in [-0.25, -0.2) is 0 Å². The summed E-state index contributed by atoms with van der Waals surface area (Å²) in [6, 6.07) is 0.0924. The predicted octanol–water partition coefficient (Wildman–Crippen LogP) is 1.44. The fourth-order valence-corrected chi connectivity index (χ4v) is 2.10. The highest BCUT2D eigenvalue weighted by Gasteiger charge is 2.17. The number of amides is 1. The number of nitrogens with one attached hydrogen (secondary N) is 1.